The van der Waals surface area contributed by atoms with E-state index in [-0.39, 0.29) is 5.91 Å². The van der Waals surface area contributed by atoms with Crippen molar-refractivity contribution < 1.29 is 4.79 Å². The summed E-state index contributed by atoms with van der Waals surface area (Å²) in [6.45, 7) is 3.81. The van der Waals surface area contributed by atoms with Crippen molar-refractivity contribution >= 4 is 5.91 Å². The van der Waals surface area contributed by atoms with E-state index in [1.807, 2.05) is 0 Å². The van der Waals surface area contributed by atoms with E-state index in [1.165, 1.54) is 70.1 Å². The molecular formula is C22H30N2O. The monoisotopic (exact) mass is 338 g/mol. The van der Waals surface area contributed by atoms with Crippen LogP contribution in [0, 0.1) is 5.92 Å². The van der Waals surface area contributed by atoms with E-state index in [0.717, 1.165) is 5.92 Å². The summed E-state index contributed by atoms with van der Waals surface area (Å²) in [5, 5.41) is 3.19. The maximum absolute atomic E-state index is 12.4. The van der Waals surface area contributed by atoms with Crippen LogP contribution in [0.25, 0.3) is 0 Å². The van der Waals surface area contributed by atoms with Crippen LogP contribution in [0.3, 0.4) is 0 Å². The number of nitrogens with zero attached hydrogens (tertiary/aromatic N) is 1. The van der Waals surface area contributed by atoms with Crippen LogP contribution < -0.4 is 5.32 Å². The van der Waals surface area contributed by atoms with Crippen molar-refractivity contribution in [3.8, 4) is 0 Å². The third-order valence-electron chi connectivity index (χ3n) is 7.01. The molecule has 2 saturated carbocycles. The minimum atomic E-state index is 0.269. The molecule has 25 heavy (non-hydrogen) atoms. The highest BCUT2D eigenvalue weighted by molar-refractivity contribution is 5.78. The number of hydrogen-bond acceptors (Lipinski definition) is 2. The van der Waals surface area contributed by atoms with Gasteiger partial charge in [0.05, 0.1) is 0 Å². The van der Waals surface area contributed by atoms with Gasteiger partial charge in [0.2, 0.25) is 5.91 Å². The van der Waals surface area contributed by atoms with E-state index < -0.39 is 0 Å². The summed E-state index contributed by atoms with van der Waals surface area (Å²) < 4.78 is 0. The lowest BCUT2D eigenvalue weighted by Gasteiger charge is -2.40. The van der Waals surface area contributed by atoms with Crippen LogP contribution in [-0.2, 0) is 10.2 Å². The molecule has 4 aliphatic rings. The number of likely N-dealkylation sites (tertiary alicyclic amines) is 1. The molecule has 1 aromatic rings. The zero-order chi connectivity index (χ0) is 16.9. The van der Waals surface area contributed by atoms with Crippen LogP contribution in [-0.4, -0.2) is 36.5 Å². The van der Waals surface area contributed by atoms with Crippen LogP contribution in [0.2, 0.25) is 0 Å². The van der Waals surface area contributed by atoms with Gasteiger partial charge in [0, 0.05) is 19.0 Å². The van der Waals surface area contributed by atoms with Crippen molar-refractivity contribution in [3.05, 3.63) is 35.4 Å². The zero-order valence-electron chi connectivity index (χ0n) is 15.2. The van der Waals surface area contributed by atoms with Crippen LogP contribution >= 0.6 is 0 Å². The first-order valence-corrected chi connectivity index (χ1v) is 10.3. The number of benzene rings is 1. The van der Waals surface area contributed by atoms with Crippen LogP contribution in [0.1, 0.15) is 68.4 Å². The molecule has 5 rings (SSSR count). The van der Waals surface area contributed by atoms with Crippen LogP contribution in [0.4, 0.5) is 0 Å². The summed E-state index contributed by atoms with van der Waals surface area (Å²) in [4.78, 5) is 15.1. The number of hydrogen-bond donors (Lipinski definition) is 1. The Hall–Kier alpha value is -1.35. The topological polar surface area (TPSA) is 32.3 Å². The van der Waals surface area contributed by atoms with Crippen molar-refractivity contribution in [2.75, 3.05) is 19.6 Å². The lowest BCUT2D eigenvalue weighted by atomic mass is 9.73. The summed E-state index contributed by atoms with van der Waals surface area (Å²) in [5.74, 6) is 1.68. The van der Waals surface area contributed by atoms with E-state index in [9.17, 15) is 4.79 Å². The predicted octanol–water partition coefficient (Wildman–Crippen LogP) is 3.59. The molecule has 0 unspecified atom stereocenters. The minimum Gasteiger partial charge on any atom is -0.353 e. The number of carbonyl (C=O) groups is 1. The number of carbonyl (C=O) groups excluding carboxylic acids is 1. The Kier molecular flexibility index (Phi) is 3.89. The van der Waals surface area contributed by atoms with Gasteiger partial charge in [-0.2, -0.15) is 0 Å². The summed E-state index contributed by atoms with van der Waals surface area (Å²) in [7, 11) is 0. The first-order valence-electron chi connectivity index (χ1n) is 10.3. The number of nitrogens with one attached hydrogen (secondary N) is 1. The second kappa shape index (κ2) is 6.12. The highest BCUT2D eigenvalue weighted by Gasteiger charge is 2.46. The molecule has 1 aliphatic heterocycles. The average molecular weight is 338 g/mol. The number of amides is 1. The molecule has 0 aromatic heterocycles. The third-order valence-corrected chi connectivity index (χ3v) is 7.01. The van der Waals surface area contributed by atoms with Gasteiger partial charge in [0.15, 0.2) is 0 Å². The van der Waals surface area contributed by atoms with Gasteiger partial charge in [-0.15, -0.1) is 0 Å². The molecule has 3 heteroatoms. The summed E-state index contributed by atoms with van der Waals surface area (Å²) in [5.41, 5.74) is 3.36. The van der Waals surface area contributed by atoms with Crippen LogP contribution in [0.5, 0.6) is 0 Å². The molecule has 1 amide bonds. The van der Waals surface area contributed by atoms with E-state index in [4.69, 9.17) is 0 Å². The number of fused-ring (bicyclic) bond motifs is 2. The molecule has 3 aliphatic carbocycles. The lowest BCUT2D eigenvalue weighted by Crippen LogP contribution is -2.42. The highest BCUT2D eigenvalue weighted by atomic mass is 16.1. The Morgan fingerprint density at radius 1 is 1.12 bits per heavy atom. The third kappa shape index (κ3) is 3.23. The summed E-state index contributed by atoms with van der Waals surface area (Å²) >= 11 is 0. The first-order chi connectivity index (χ1) is 12.2. The normalized spacial score (nSPS) is 28.1. The Labute approximate surface area is 151 Å². The molecule has 1 atom stereocenters. The number of piperidine rings is 1. The first kappa shape index (κ1) is 15.9. The Morgan fingerprint density at radius 3 is 2.60 bits per heavy atom. The Morgan fingerprint density at radius 2 is 1.88 bits per heavy atom. The smallest absolute Gasteiger partial charge is 0.220 e. The van der Waals surface area contributed by atoms with Gasteiger partial charge in [-0.1, -0.05) is 24.3 Å². The Balaban J connectivity index is 1.30. The highest BCUT2D eigenvalue weighted by Crippen LogP contribution is 2.52. The van der Waals surface area contributed by atoms with Gasteiger partial charge in [-0.25, -0.2) is 0 Å². The molecule has 1 heterocycles. The second-order valence-electron chi connectivity index (χ2n) is 9.06. The fourth-order valence-corrected chi connectivity index (χ4v) is 5.25. The van der Waals surface area contributed by atoms with Gasteiger partial charge in [0.1, 0.15) is 0 Å². The van der Waals surface area contributed by atoms with E-state index in [1.54, 1.807) is 5.56 Å². The molecule has 1 N–H and O–H groups in total. The largest absolute Gasteiger partial charge is 0.353 e. The lowest BCUT2D eigenvalue weighted by molar-refractivity contribution is -0.121. The predicted molar refractivity (Wildman–Crippen MR) is 99.7 cm³/mol. The van der Waals surface area contributed by atoms with Crippen molar-refractivity contribution in [1.82, 2.24) is 10.2 Å². The average Bonchev–Trinajstić information content (AvgIpc) is 3.54. The van der Waals surface area contributed by atoms with Crippen molar-refractivity contribution in [2.24, 2.45) is 5.92 Å². The molecule has 0 radical (unpaired) electrons. The number of rotatable bonds is 5. The van der Waals surface area contributed by atoms with E-state index >= 15 is 0 Å². The summed E-state index contributed by atoms with van der Waals surface area (Å²) in [6.07, 6.45) is 9.66. The summed E-state index contributed by atoms with van der Waals surface area (Å²) in [6, 6.07) is 9.47. The maximum atomic E-state index is 12.4. The zero-order valence-corrected chi connectivity index (χ0v) is 15.2. The fraction of sp³-hybridized carbons (Fsp3) is 0.682. The molecule has 3 nitrogen and oxygen atoms in total. The molecule has 0 bridgehead atoms. The van der Waals surface area contributed by atoms with Gasteiger partial charge in [-0.05, 0) is 86.4 Å². The van der Waals surface area contributed by atoms with Crippen molar-refractivity contribution in [3.63, 3.8) is 0 Å². The van der Waals surface area contributed by atoms with Crippen LogP contribution in [0.15, 0.2) is 24.3 Å². The van der Waals surface area contributed by atoms with Gasteiger partial charge in [0.25, 0.3) is 0 Å². The molecular weight excluding hydrogens is 308 g/mol. The minimum absolute atomic E-state index is 0.269. The van der Waals surface area contributed by atoms with Gasteiger partial charge >= 0.3 is 0 Å². The van der Waals surface area contributed by atoms with E-state index in [2.05, 4.69) is 34.5 Å². The maximum Gasteiger partial charge on any atom is 0.220 e. The van der Waals surface area contributed by atoms with E-state index in [0.29, 0.717) is 23.8 Å². The quantitative estimate of drug-likeness (QED) is 0.890. The van der Waals surface area contributed by atoms with Gasteiger partial charge in [-0.3, -0.25) is 4.79 Å². The second-order valence-corrected chi connectivity index (χ2v) is 9.06. The van der Waals surface area contributed by atoms with Gasteiger partial charge < -0.3 is 10.2 Å². The molecule has 3 fully saturated rings. The van der Waals surface area contributed by atoms with Crippen molar-refractivity contribution in [2.45, 2.75) is 68.7 Å². The SMILES string of the molecule is O=C(C[C@@H]1CC2(CCN(CC3CC3)CC2)c2ccccc21)NC1CC1. The fourth-order valence-electron chi connectivity index (χ4n) is 5.25. The molecule has 1 aromatic carbocycles. The molecule has 1 spiro atoms. The molecule has 134 valence electrons. The Bertz CT molecular complexity index is 654. The van der Waals surface area contributed by atoms with Crippen molar-refractivity contribution in [1.29, 1.82) is 0 Å². The molecule has 1 saturated heterocycles. The standard InChI is InChI=1S/C22H30N2O/c25-21(23-18-7-8-18)13-17-14-22(20-4-2-1-3-19(17)20)9-11-24(12-10-22)15-16-5-6-16/h1-4,16-18H,5-15H2,(H,23,25)/t17-/m1/s1.